The molecule has 32 heavy (non-hydrogen) atoms. The topological polar surface area (TPSA) is 117 Å². The Morgan fingerprint density at radius 3 is 2.50 bits per heavy atom. The highest BCUT2D eigenvalue weighted by atomic mass is 32.1. The predicted octanol–water partition coefficient (Wildman–Crippen LogP) is 4.77. The van der Waals surface area contributed by atoms with Gasteiger partial charge in [-0.05, 0) is 30.7 Å². The molecule has 0 unspecified atom stereocenters. The number of hydrogen-bond donors (Lipinski definition) is 1. The van der Waals surface area contributed by atoms with E-state index >= 15 is 0 Å². The van der Waals surface area contributed by atoms with Crippen molar-refractivity contribution in [3.63, 3.8) is 0 Å². The summed E-state index contributed by atoms with van der Waals surface area (Å²) < 4.78 is 15.8. The Bertz CT molecular complexity index is 1170. The van der Waals surface area contributed by atoms with Crippen LogP contribution in [0.15, 0.2) is 47.8 Å². The van der Waals surface area contributed by atoms with Crippen molar-refractivity contribution in [2.24, 2.45) is 0 Å². The van der Waals surface area contributed by atoms with Crippen LogP contribution in [0, 0.1) is 10.1 Å². The number of nitro benzene ring substituents is 1. The van der Waals surface area contributed by atoms with Gasteiger partial charge in [-0.15, -0.1) is 11.3 Å². The molecule has 0 bridgehead atoms. The van der Waals surface area contributed by atoms with Gasteiger partial charge in [0.1, 0.15) is 10.6 Å². The monoisotopic (exact) mass is 456 g/mol. The molecule has 0 aliphatic heterocycles. The van der Waals surface area contributed by atoms with Crippen molar-refractivity contribution >= 4 is 33.9 Å². The first-order chi connectivity index (χ1) is 15.4. The van der Waals surface area contributed by atoms with Crippen LogP contribution >= 0.6 is 11.3 Å². The van der Waals surface area contributed by atoms with E-state index < -0.39 is 16.8 Å². The predicted molar refractivity (Wildman–Crippen MR) is 120 cm³/mol. The molecule has 1 N–H and O–H groups in total. The Kier molecular flexibility index (Phi) is 7.06. The fourth-order valence-electron chi connectivity index (χ4n) is 3.01. The third-order valence-electron chi connectivity index (χ3n) is 4.51. The van der Waals surface area contributed by atoms with Gasteiger partial charge in [-0.1, -0.05) is 12.1 Å². The standard InChI is InChI=1S/C22H20N2O7S/c1-4-31-22(26)19-16(13-8-9-17(29-2)18(11-13)30-3)12-32-21(19)23-20(25)14-6-5-7-15(10-14)24(27)28/h5-12H,4H2,1-3H3,(H,23,25). The van der Waals surface area contributed by atoms with Crippen molar-refractivity contribution in [2.75, 3.05) is 26.1 Å². The lowest BCUT2D eigenvalue weighted by atomic mass is 10.0. The number of anilines is 1. The highest BCUT2D eigenvalue weighted by molar-refractivity contribution is 7.15. The summed E-state index contributed by atoms with van der Waals surface area (Å²) in [6.45, 7) is 1.83. The van der Waals surface area contributed by atoms with Crippen LogP contribution in [0.2, 0.25) is 0 Å². The van der Waals surface area contributed by atoms with Gasteiger partial charge < -0.3 is 19.5 Å². The number of benzene rings is 2. The lowest BCUT2D eigenvalue weighted by molar-refractivity contribution is -0.384. The molecule has 0 atom stereocenters. The molecule has 0 saturated heterocycles. The molecule has 0 fully saturated rings. The maximum atomic E-state index is 12.7. The quantitative estimate of drug-likeness (QED) is 0.295. The molecule has 166 valence electrons. The van der Waals surface area contributed by atoms with Gasteiger partial charge in [-0.25, -0.2) is 4.79 Å². The van der Waals surface area contributed by atoms with Gasteiger partial charge in [0.25, 0.3) is 11.6 Å². The van der Waals surface area contributed by atoms with Crippen LogP contribution in [-0.4, -0.2) is 37.6 Å². The van der Waals surface area contributed by atoms with E-state index in [9.17, 15) is 19.7 Å². The zero-order valence-corrected chi connectivity index (χ0v) is 18.4. The fourth-order valence-corrected chi connectivity index (χ4v) is 3.96. The number of carbonyl (C=O) groups excluding carboxylic acids is 2. The first kappa shape index (κ1) is 22.8. The summed E-state index contributed by atoms with van der Waals surface area (Å²) in [6.07, 6.45) is 0. The van der Waals surface area contributed by atoms with Gasteiger partial charge in [0, 0.05) is 28.6 Å². The molecule has 1 heterocycles. The van der Waals surface area contributed by atoms with E-state index in [0.29, 0.717) is 22.6 Å². The second-order valence-corrected chi connectivity index (χ2v) is 7.28. The number of amides is 1. The molecule has 2 aromatic carbocycles. The molecule has 0 radical (unpaired) electrons. The van der Waals surface area contributed by atoms with Crippen LogP contribution in [0.1, 0.15) is 27.6 Å². The number of rotatable bonds is 8. The fraction of sp³-hybridized carbons (Fsp3) is 0.182. The molecule has 3 rings (SSSR count). The summed E-state index contributed by atoms with van der Waals surface area (Å²) in [5, 5.41) is 15.7. The summed E-state index contributed by atoms with van der Waals surface area (Å²) in [4.78, 5) is 35.9. The summed E-state index contributed by atoms with van der Waals surface area (Å²) in [5.41, 5.74) is 1.28. The van der Waals surface area contributed by atoms with Gasteiger partial charge >= 0.3 is 5.97 Å². The molecular weight excluding hydrogens is 436 g/mol. The molecule has 0 aliphatic rings. The number of methoxy groups -OCH3 is 2. The van der Waals surface area contributed by atoms with Crippen LogP contribution < -0.4 is 14.8 Å². The normalized spacial score (nSPS) is 10.3. The third-order valence-corrected chi connectivity index (χ3v) is 5.41. The Hall–Kier alpha value is -3.92. The minimum absolute atomic E-state index is 0.0927. The minimum atomic E-state index is -0.604. The molecule has 0 aliphatic carbocycles. The molecule has 0 spiro atoms. The second kappa shape index (κ2) is 9.92. The molecule has 1 amide bonds. The van der Waals surface area contributed by atoms with Gasteiger partial charge in [0.05, 0.1) is 25.7 Å². The van der Waals surface area contributed by atoms with Crippen LogP contribution in [0.5, 0.6) is 11.5 Å². The maximum Gasteiger partial charge on any atom is 0.341 e. The van der Waals surface area contributed by atoms with Crippen LogP contribution in [0.4, 0.5) is 10.7 Å². The lowest BCUT2D eigenvalue weighted by Gasteiger charge is -2.11. The van der Waals surface area contributed by atoms with Crippen molar-refractivity contribution < 1.29 is 28.7 Å². The van der Waals surface area contributed by atoms with E-state index in [1.165, 1.54) is 38.5 Å². The number of ether oxygens (including phenoxy) is 3. The lowest BCUT2D eigenvalue weighted by Crippen LogP contribution is -2.15. The zero-order valence-electron chi connectivity index (χ0n) is 17.5. The number of carbonyl (C=O) groups is 2. The highest BCUT2D eigenvalue weighted by Crippen LogP contribution is 2.39. The average molecular weight is 456 g/mol. The minimum Gasteiger partial charge on any atom is -0.493 e. The van der Waals surface area contributed by atoms with E-state index in [0.717, 1.165) is 11.3 Å². The van der Waals surface area contributed by atoms with Crippen molar-refractivity contribution in [2.45, 2.75) is 6.92 Å². The van der Waals surface area contributed by atoms with Crippen molar-refractivity contribution in [3.8, 4) is 22.6 Å². The number of esters is 1. The number of nitrogens with zero attached hydrogens (tertiary/aromatic N) is 1. The van der Waals surface area contributed by atoms with Crippen LogP contribution in [0.25, 0.3) is 11.1 Å². The highest BCUT2D eigenvalue weighted by Gasteiger charge is 2.24. The second-order valence-electron chi connectivity index (χ2n) is 6.41. The van der Waals surface area contributed by atoms with Crippen molar-refractivity contribution in [3.05, 3.63) is 69.1 Å². The smallest absolute Gasteiger partial charge is 0.341 e. The Balaban J connectivity index is 2.01. The van der Waals surface area contributed by atoms with E-state index in [1.54, 1.807) is 30.5 Å². The number of nitro groups is 1. The molecule has 3 aromatic rings. The number of thiophene rings is 1. The Morgan fingerprint density at radius 1 is 1.09 bits per heavy atom. The van der Waals surface area contributed by atoms with E-state index in [-0.39, 0.29) is 28.4 Å². The summed E-state index contributed by atoms with van der Waals surface area (Å²) in [7, 11) is 3.03. The Labute approximate surface area is 187 Å². The molecule has 1 aromatic heterocycles. The van der Waals surface area contributed by atoms with Crippen molar-refractivity contribution in [1.29, 1.82) is 0 Å². The van der Waals surface area contributed by atoms with Gasteiger partial charge in [0.2, 0.25) is 0 Å². The summed E-state index contributed by atoms with van der Waals surface area (Å²) in [5.74, 6) is -0.176. The molecule has 10 heteroatoms. The van der Waals surface area contributed by atoms with Gasteiger partial charge in [0.15, 0.2) is 11.5 Å². The van der Waals surface area contributed by atoms with Crippen molar-refractivity contribution in [1.82, 2.24) is 0 Å². The Morgan fingerprint density at radius 2 is 1.84 bits per heavy atom. The zero-order chi connectivity index (χ0) is 23.3. The van der Waals surface area contributed by atoms with Crippen LogP contribution in [0.3, 0.4) is 0 Å². The summed E-state index contributed by atoms with van der Waals surface area (Å²) in [6, 6.07) is 10.5. The average Bonchev–Trinajstić information content (AvgIpc) is 3.22. The molecular formula is C22H20N2O7S. The first-order valence-electron chi connectivity index (χ1n) is 9.46. The van der Waals surface area contributed by atoms with E-state index in [1.807, 2.05) is 0 Å². The number of hydrogen-bond acceptors (Lipinski definition) is 8. The third kappa shape index (κ3) is 4.70. The SMILES string of the molecule is CCOC(=O)c1c(-c2ccc(OC)c(OC)c2)csc1NC(=O)c1cccc([N+](=O)[O-])c1. The van der Waals surface area contributed by atoms with Crippen LogP contribution in [-0.2, 0) is 4.74 Å². The van der Waals surface area contributed by atoms with E-state index in [4.69, 9.17) is 14.2 Å². The number of nitrogens with one attached hydrogen (secondary N) is 1. The molecule has 0 saturated carbocycles. The van der Waals surface area contributed by atoms with E-state index in [2.05, 4.69) is 5.32 Å². The number of non-ortho nitro benzene ring substituents is 1. The van der Waals surface area contributed by atoms with Gasteiger partial charge in [-0.2, -0.15) is 0 Å². The first-order valence-corrected chi connectivity index (χ1v) is 10.3. The summed E-state index contributed by atoms with van der Waals surface area (Å²) >= 11 is 1.14. The van der Waals surface area contributed by atoms with Gasteiger partial charge in [-0.3, -0.25) is 14.9 Å². The largest absolute Gasteiger partial charge is 0.493 e. The molecule has 9 nitrogen and oxygen atoms in total. The maximum absolute atomic E-state index is 12.7.